The molecule has 4 nitrogen and oxygen atoms in total. The van der Waals surface area contributed by atoms with Gasteiger partial charge in [-0.25, -0.2) is 0 Å². The summed E-state index contributed by atoms with van der Waals surface area (Å²) in [4.78, 5) is 22.1. The first kappa shape index (κ1) is 8.94. The van der Waals surface area contributed by atoms with Crippen LogP contribution in [0.4, 0.5) is 0 Å². The molecule has 0 aliphatic carbocycles. The van der Waals surface area contributed by atoms with Crippen molar-refractivity contribution in [2.24, 2.45) is 0 Å². The molecular formula is C6H11N2O2. The summed E-state index contributed by atoms with van der Waals surface area (Å²) in [6.45, 7) is 1.60. The fraction of sp³-hybridized carbons (Fsp3) is 0.667. The molecule has 0 aliphatic rings. The average molecular weight is 143 g/mol. The molecule has 0 saturated carbocycles. The van der Waals surface area contributed by atoms with Gasteiger partial charge in [0.1, 0.15) is 6.04 Å². The van der Waals surface area contributed by atoms with Gasteiger partial charge in [-0.3, -0.25) is 9.59 Å². The Balaban J connectivity index is 3.81. The highest BCUT2D eigenvalue weighted by molar-refractivity contribution is 5.82. The SMILES string of the molecule is CC(N[C]=O)C(=O)N(C)C. The lowest BCUT2D eigenvalue weighted by Gasteiger charge is -2.14. The van der Waals surface area contributed by atoms with Gasteiger partial charge in [0.2, 0.25) is 5.91 Å². The van der Waals surface area contributed by atoms with Gasteiger partial charge in [-0.05, 0) is 6.92 Å². The molecule has 0 aromatic rings. The van der Waals surface area contributed by atoms with Crippen molar-refractivity contribution in [3.63, 3.8) is 0 Å². The van der Waals surface area contributed by atoms with Crippen molar-refractivity contribution in [1.82, 2.24) is 10.2 Å². The molecule has 2 amide bonds. The van der Waals surface area contributed by atoms with E-state index < -0.39 is 6.04 Å². The van der Waals surface area contributed by atoms with Gasteiger partial charge in [-0.2, -0.15) is 0 Å². The molecule has 1 unspecified atom stereocenters. The third-order valence-corrected chi connectivity index (χ3v) is 1.09. The zero-order chi connectivity index (χ0) is 8.15. The third kappa shape index (κ3) is 2.48. The number of nitrogens with zero attached hydrogens (tertiary/aromatic N) is 1. The fourth-order valence-corrected chi connectivity index (χ4v) is 0.537. The first-order valence-electron chi connectivity index (χ1n) is 2.93. The topological polar surface area (TPSA) is 49.4 Å². The molecule has 0 rings (SSSR count). The summed E-state index contributed by atoms with van der Waals surface area (Å²) in [5, 5.41) is 2.23. The Morgan fingerprint density at radius 2 is 2.10 bits per heavy atom. The minimum absolute atomic E-state index is 0.136. The molecule has 0 aromatic heterocycles. The van der Waals surface area contributed by atoms with E-state index in [2.05, 4.69) is 5.32 Å². The maximum Gasteiger partial charge on any atom is 0.309 e. The second-order valence-electron chi connectivity index (χ2n) is 2.20. The normalized spacial score (nSPS) is 11.9. The predicted octanol–water partition coefficient (Wildman–Crippen LogP) is -0.880. The molecule has 0 heterocycles. The second kappa shape index (κ2) is 3.87. The third-order valence-electron chi connectivity index (χ3n) is 1.09. The van der Waals surface area contributed by atoms with Crippen LogP contribution in [0.25, 0.3) is 0 Å². The van der Waals surface area contributed by atoms with Crippen molar-refractivity contribution < 1.29 is 9.59 Å². The average Bonchev–Trinajstić information content (AvgIpc) is 1.87. The maximum atomic E-state index is 10.9. The van der Waals surface area contributed by atoms with E-state index in [9.17, 15) is 9.59 Å². The molecule has 0 aliphatic heterocycles. The van der Waals surface area contributed by atoms with Gasteiger partial charge >= 0.3 is 6.41 Å². The Bertz CT molecular complexity index is 134. The number of hydrogen-bond acceptors (Lipinski definition) is 2. The van der Waals surface area contributed by atoms with E-state index in [1.807, 2.05) is 0 Å². The number of rotatable bonds is 3. The molecule has 0 saturated heterocycles. The predicted molar refractivity (Wildman–Crippen MR) is 37.0 cm³/mol. The second-order valence-corrected chi connectivity index (χ2v) is 2.20. The van der Waals surface area contributed by atoms with E-state index in [-0.39, 0.29) is 5.91 Å². The monoisotopic (exact) mass is 143 g/mol. The number of carbonyl (C=O) groups is 1. The first-order chi connectivity index (χ1) is 4.59. The molecule has 4 heteroatoms. The fourth-order valence-electron chi connectivity index (χ4n) is 0.537. The number of carbonyl (C=O) groups excluding carboxylic acids is 2. The standard InChI is InChI=1S/C6H11N2O2/c1-5(7-4-9)6(10)8(2)3/h5H,1-3H3,(H,7,9). The molecule has 1 radical (unpaired) electrons. The lowest BCUT2D eigenvalue weighted by atomic mass is 10.3. The van der Waals surface area contributed by atoms with Crippen LogP contribution in [-0.4, -0.2) is 37.4 Å². The highest BCUT2D eigenvalue weighted by atomic mass is 16.2. The Kier molecular flexibility index (Phi) is 3.46. The lowest BCUT2D eigenvalue weighted by Crippen LogP contribution is -2.40. The molecule has 0 bridgehead atoms. The Morgan fingerprint density at radius 3 is 2.40 bits per heavy atom. The van der Waals surface area contributed by atoms with Crippen LogP contribution < -0.4 is 5.32 Å². The minimum Gasteiger partial charge on any atom is -0.347 e. The van der Waals surface area contributed by atoms with Crippen molar-refractivity contribution in [3.8, 4) is 0 Å². The van der Waals surface area contributed by atoms with Crippen molar-refractivity contribution in [1.29, 1.82) is 0 Å². The van der Waals surface area contributed by atoms with Gasteiger partial charge in [0.15, 0.2) is 0 Å². The summed E-state index contributed by atoms with van der Waals surface area (Å²) in [6, 6.07) is -0.479. The van der Waals surface area contributed by atoms with Crippen LogP contribution in [0.3, 0.4) is 0 Å². The summed E-state index contributed by atoms with van der Waals surface area (Å²) in [5.74, 6) is -0.136. The van der Waals surface area contributed by atoms with Crippen LogP contribution in [0.5, 0.6) is 0 Å². The highest BCUT2D eigenvalue weighted by Gasteiger charge is 2.12. The molecule has 1 N–H and O–H groups in total. The van der Waals surface area contributed by atoms with Crippen molar-refractivity contribution >= 4 is 12.3 Å². The quantitative estimate of drug-likeness (QED) is 0.521. The largest absolute Gasteiger partial charge is 0.347 e. The number of nitrogens with one attached hydrogen (secondary N) is 1. The maximum absolute atomic E-state index is 10.9. The van der Waals surface area contributed by atoms with Crippen LogP contribution in [0.1, 0.15) is 6.92 Å². The summed E-state index contributed by atoms with van der Waals surface area (Å²) in [7, 11) is 3.26. The van der Waals surface area contributed by atoms with Gasteiger partial charge in [0.25, 0.3) is 0 Å². The van der Waals surface area contributed by atoms with Gasteiger partial charge in [-0.1, -0.05) is 0 Å². The first-order valence-corrected chi connectivity index (χ1v) is 2.93. The van der Waals surface area contributed by atoms with E-state index in [4.69, 9.17) is 0 Å². The van der Waals surface area contributed by atoms with E-state index in [0.717, 1.165) is 0 Å². The zero-order valence-corrected chi connectivity index (χ0v) is 6.34. The van der Waals surface area contributed by atoms with Crippen LogP contribution in [0.2, 0.25) is 0 Å². The van der Waals surface area contributed by atoms with Gasteiger partial charge in [-0.15, -0.1) is 0 Å². The van der Waals surface area contributed by atoms with Crippen molar-refractivity contribution in [3.05, 3.63) is 0 Å². The summed E-state index contributed by atoms with van der Waals surface area (Å²) >= 11 is 0. The number of likely N-dealkylation sites (N-methyl/N-ethyl adjacent to an activating group) is 1. The molecule has 1 atom stereocenters. The van der Waals surface area contributed by atoms with Gasteiger partial charge in [0, 0.05) is 14.1 Å². The van der Waals surface area contributed by atoms with Crippen LogP contribution in [-0.2, 0) is 9.59 Å². The molecule has 0 spiro atoms. The minimum atomic E-state index is -0.479. The van der Waals surface area contributed by atoms with E-state index in [1.54, 1.807) is 21.0 Å². The van der Waals surface area contributed by atoms with E-state index in [1.165, 1.54) is 11.3 Å². The smallest absolute Gasteiger partial charge is 0.309 e. The number of amides is 2. The Labute approximate surface area is 60.2 Å². The molecule has 10 heavy (non-hydrogen) atoms. The van der Waals surface area contributed by atoms with Crippen LogP contribution >= 0.6 is 0 Å². The van der Waals surface area contributed by atoms with Crippen LogP contribution in [0.15, 0.2) is 0 Å². The lowest BCUT2D eigenvalue weighted by molar-refractivity contribution is -0.130. The molecule has 57 valence electrons. The zero-order valence-electron chi connectivity index (χ0n) is 6.34. The Morgan fingerprint density at radius 1 is 1.60 bits per heavy atom. The molecule has 0 aromatic carbocycles. The van der Waals surface area contributed by atoms with Crippen molar-refractivity contribution in [2.45, 2.75) is 13.0 Å². The summed E-state index contributed by atoms with van der Waals surface area (Å²) in [5.41, 5.74) is 0. The van der Waals surface area contributed by atoms with Crippen molar-refractivity contribution in [2.75, 3.05) is 14.1 Å². The Hall–Kier alpha value is -1.06. The molecule has 0 fully saturated rings. The van der Waals surface area contributed by atoms with Gasteiger partial charge in [0.05, 0.1) is 0 Å². The summed E-state index contributed by atoms with van der Waals surface area (Å²) < 4.78 is 0. The summed E-state index contributed by atoms with van der Waals surface area (Å²) in [6.07, 6.45) is 1.46. The van der Waals surface area contributed by atoms with E-state index >= 15 is 0 Å². The molecular weight excluding hydrogens is 132 g/mol. The van der Waals surface area contributed by atoms with E-state index in [0.29, 0.717) is 0 Å². The van der Waals surface area contributed by atoms with Crippen LogP contribution in [0, 0.1) is 0 Å². The van der Waals surface area contributed by atoms with Gasteiger partial charge < -0.3 is 10.2 Å². The number of hydrogen-bond donors (Lipinski definition) is 1. The highest BCUT2D eigenvalue weighted by Crippen LogP contribution is 1.85.